The predicted molar refractivity (Wildman–Crippen MR) is 57.1 cm³/mol. The normalized spacial score (nSPS) is 13.6. The van der Waals surface area contributed by atoms with E-state index in [2.05, 4.69) is 10.2 Å². The Balaban J connectivity index is 2.22. The Morgan fingerprint density at radius 2 is 1.76 bits per heavy atom. The molecule has 88 valence electrons. The third kappa shape index (κ3) is 1.84. The molecule has 0 radical (unpaired) electrons. The van der Waals surface area contributed by atoms with Crippen molar-refractivity contribution in [1.29, 1.82) is 0 Å². The zero-order valence-corrected chi connectivity index (χ0v) is 9.10. The quantitative estimate of drug-likeness (QED) is 0.773. The summed E-state index contributed by atoms with van der Waals surface area (Å²) >= 11 is 0. The van der Waals surface area contributed by atoms with Crippen molar-refractivity contribution < 1.29 is 19.1 Å². The van der Waals surface area contributed by atoms with Crippen LogP contribution in [-0.2, 0) is 4.74 Å². The molecule has 1 aromatic carbocycles. The number of carbonyl (C=O) groups is 3. The van der Waals surface area contributed by atoms with Crippen molar-refractivity contribution in [2.45, 2.75) is 6.92 Å². The summed E-state index contributed by atoms with van der Waals surface area (Å²) in [6, 6.07) is 6.36. The molecule has 1 N–H and O–H groups in total. The molecule has 0 saturated heterocycles. The van der Waals surface area contributed by atoms with E-state index in [0.29, 0.717) is 5.01 Å². The van der Waals surface area contributed by atoms with Crippen molar-refractivity contribution in [3.63, 3.8) is 0 Å². The average Bonchev–Trinajstić information content (AvgIpc) is 2.56. The molecule has 0 atom stereocenters. The first-order valence-corrected chi connectivity index (χ1v) is 5.06. The fourth-order valence-corrected chi connectivity index (χ4v) is 1.55. The highest BCUT2D eigenvalue weighted by molar-refractivity contribution is 6.21. The summed E-state index contributed by atoms with van der Waals surface area (Å²) in [5.74, 6) is -1.11. The van der Waals surface area contributed by atoms with Crippen LogP contribution in [0.25, 0.3) is 0 Å². The molecule has 0 fully saturated rings. The summed E-state index contributed by atoms with van der Waals surface area (Å²) in [7, 11) is 0. The van der Waals surface area contributed by atoms with Gasteiger partial charge >= 0.3 is 6.09 Å². The molecule has 0 aliphatic carbocycles. The number of ether oxygens (including phenoxy) is 1. The van der Waals surface area contributed by atoms with Crippen LogP contribution in [-0.4, -0.2) is 29.5 Å². The number of hydrogen-bond donors (Lipinski definition) is 1. The second-order valence-electron chi connectivity index (χ2n) is 3.32. The van der Waals surface area contributed by atoms with Gasteiger partial charge in [-0.15, -0.1) is 0 Å². The van der Waals surface area contributed by atoms with Gasteiger partial charge in [0.25, 0.3) is 11.8 Å². The Bertz CT molecular complexity index is 463. The van der Waals surface area contributed by atoms with Gasteiger partial charge in [0.15, 0.2) is 0 Å². The molecule has 1 aliphatic rings. The standard InChI is InChI=1S/C11H10N2O4/c1-2-17-11(16)12-13-9(14)7-5-3-4-6-8(7)10(13)15/h3-6H,2H2,1H3,(H,12,16). The smallest absolute Gasteiger partial charge is 0.426 e. The summed E-state index contributed by atoms with van der Waals surface area (Å²) in [5.41, 5.74) is 2.64. The lowest BCUT2D eigenvalue weighted by Crippen LogP contribution is -2.46. The van der Waals surface area contributed by atoms with E-state index < -0.39 is 17.9 Å². The molecular weight excluding hydrogens is 224 g/mol. The molecule has 1 aliphatic heterocycles. The number of hydrogen-bond acceptors (Lipinski definition) is 4. The third-order valence-corrected chi connectivity index (χ3v) is 2.27. The summed E-state index contributed by atoms with van der Waals surface area (Å²) in [4.78, 5) is 34.7. The van der Waals surface area contributed by atoms with Crippen molar-refractivity contribution in [2.24, 2.45) is 0 Å². The highest BCUT2D eigenvalue weighted by Crippen LogP contribution is 2.20. The van der Waals surface area contributed by atoms with Crippen LogP contribution in [0.1, 0.15) is 27.6 Å². The molecule has 0 aromatic heterocycles. The van der Waals surface area contributed by atoms with Crippen LogP contribution < -0.4 is 5.43 Å². The number of carbonyl (C=O) groups excluding carboxylic acids is 3. The lowest BCUT2D eigenvalue weighted by atomic mass is 10.1. The van der Waals surface area contributed by atoms with E-state index in [-0.39, 0.29) is 17.7 Å². The predicted octanol–water partition coefficient (Wildman–Crippen LogP) is 0.944. The van der Waals surface area contributed by atoms with Gasteiger partial charge in [-0.3, -0.25) is 9.59 Å². The van der Waals surface area contributed by atoms with Crippen molar-refractivity contribution in [2.75, 3.05) is 6.61 Å². The minimum absolute atomic E-state index is 0.162. The summed E-state index contributed by atoms with van der Waals surface area (Å²) in [5, 5.41) is 0.655. The number of benzene rings is 1. The minimum atomic E-state index is -0.831. The molecule has 1 aromatic rings. The van der Waals surface area contributed by atoms with E-state index in [1.54, 1.807) is 19.1 Å². The second kappa shape index (κ2) is 4.25. The maximum Gasteiger partial charge on any atom is 0.426 e. The van der Waals surface area contributed by atoms with Crippen LogP contribution in [0.15, 0.2) is 24.3 Å². The summed E-state index contributed by atoms with van der Waals surface area (Å²) in [6.45, 7) is 1.79. The van der Waals surface area contributed by atoms with Crippen LogP contribution in [0.3, 0.4) is 0 Å². The van der Waals surface area contributed by atoms with Crippen LogP contribution in [0.2, 0.25) is 0 Å². The Morgan fingerprint density at radius 3 is 2.24 bits per heavy atom. The van der Waals surface area contributed by atoms with Gasteiger partial charge in [0.1, 0.15) is 0 Å². The number of fused-ring (bicyclic) bond motifs is 1. The fraction of sp³-hybridized carbons (Fsp3) is 0.182. The first-order chi connectivity index (χ1) is 8.15. The number of amides is 3. The number of nitrogens with zero attached hydrogens (tertiary/aromatic N) is 1. The molecule has 2 rings (SSSR count). The Kier molecular flexibility index (Phi) is 2.78. The molecule has 6 nitrogen and oxygen atoms in total. The number of imide groups is 1. The van der Waals surface area contributed by atoms with Crippen LogP contribution in [0.5, 0.6) is 0 Å². The van der Waals surface area contributed by atoms with E-state index in [4.69, 9.17) is 0 Å². The zero-order chi connectivity index (χ0) is 12.4. The van der Waals surface area contributed by atoms with Gasteiger partial charge in [-0.25, -0.2) is 10.2 Å². The molecule has 3 amide bonds. The molecule has 0 saturated carbocycles. The number of nitrogens with one attached hydrogen (secondary N) is 1. The van der Waals surface area contributed by atoms with Gasteiger partial charge in [0.05, 0.1) is 17.7 Å². The maximum absolute atomic E-state index is 11.8. The van der Waals surface area contributed by atoms with Gasteiger partial charge in [-0.2, -0.15) is 5.01 Å². The molecular formula is C11H10N2O4. The van der Waals surface area contributed by atoms with Gasteiger partial charge < -0.3 is 4.74 Å². The first kappa shape index (κ1) is 11.1. The van der Waals surface area contributed by atoms with E-state index in [1.165, 1.54) is 12.1 Å². The SMILES string of the molecule is CCOC(=O)NN1C(=O)c2ccccc2C1=O. The van der Waals surface area contributed by atoms with Crippen molar-refractivity contribution in [1.82, 2.24) is 10.4 Å². The van der Waals surface area contributed by atoms with Crippen LogP contribution in [0.4, 0.5) is 4.79 Å². The molecule has 0 unspecified atom stereocenters. The van der Waals surface area contributed by atoms with Crippen molar-refractivity contribution in [3.8, 4) is 0 Å². The molecule has 6 heteroatoms. The molecule has 0 bridgehead atoms. The molecule has 1 heterocycles. The third-order valence-electron chi connectivity index (χ3n) is 2.27. The average molecular weight is 234 g/mol. The van der Waals surface area contributed by atoms with Crippen LogP contribution >= 0.6 is 0 Å². The Morgan fingerprint density at radius 1 is 1.24 bits per heavy atom. The first-order valence-electron chi connectivity index (χ1n) is 5.06. The van der Waals surface area contributed by atoms with Gasteiger partial charge in [0.2, 0.25) is 0 Å². The number of hydrazine groups is 1. The van der Waals surface area contributed by atoms with E-state index in [9.17, 15) is 14.4 Å². The van der Waals surface area contributed by atoms with Gasteiger partial charge in [0, 0.05) is 0 Å². The van der Waals surface area contributed by atoms with E-state index in [1.807, 2.05) is 0 Å². The fourth-order valence-electron chi connectivity index (χ4n) is 1.55. The second-order valence-corrected chi connectivity index (χ2v) is 3.32. The number of rotatable bonds is 2. The highest BCUT2D eigenvalue weighted by Gasteiger charge is 2.36. The molecule has 17 heavy (non-hydrogen) atoms. The van der Waals surface area contributed by atoms with Crippen LogP contribution in [0, 0.1) is 0 Å². The Hall–Kier alpha value is -2.37. The van der Waals surface area contributed by atoms with E-state index >= 15 is 0 Å². The van der Waals surface area contributed by atoms with E-state index in [0.717, 1.165) is 0 Å². The lowest BCUT2D eigenvalue weighted by molar-refractivity contribution is 0.0533. The largest absolute Gasteiger partial charge is 0.449 e. The maximum atomic E-state index is 11.8. The van der Waals surface area contributed by atoms with Crippen molar-refractivity contribution >= 4 is 17.9 Å². The zero-order valence-electron chi connectivity index (χ0n) is 9.10. The van der Waals surface area contributed by atoms with Gasteiger partial charge in [-0.1, -0.05) is 12.1 Å². The highest BCUT2D eigenvalue weighted by atomic mass is 16.6. The monoisotopic (exact) mass is 234 g/mol. The Labute approximate surface area is 97.1 Å². The topological polar surface area (TPSA) is 75.7 Å². The summed E-state index contributed by atoms with van der Waals surface area (Å²) < 4.78 is 4.60. The summed E-state index contributed by atoms with van der Waals surface area (Å²) in [6.07, 6.45) is -0.831. The van der Waals surface area contributed by atoms with Gasteiger partial charge in [-0.05, 0) is 19.1 Å². The minimum Gasteiger partial charge on any atom is -0.449 e. The molecule has 0 spiro atoms. The van der Waals surface area contributed by atoms with Crippen molar-refractivity contribution in [3.05, 3.63) is 35.4 Å². The lowest BCUT2D eigenvalue weighted by Gasteiger charge is -2.14.